The number of hydrogen-bond donors (Lipinski definition) is 1. The van der Waals surface area contributed by atoms with E-state index in [0.717, 1.165) is 12.5 Å². The molecular weight excluding hydrogens is 186 g/mol. The van der Waals surface area contributed by atoms with Crippen LogP contribution in [0.15, 0.2) is 12.2 Å². The van der Waals surface area contributed by atoms with Gasteiger partial charge in [0.05, 0.1) is 0 Å². The first-order chi connectivity index (χ1) is 7.06. The summed E-state index contributed by atoms with van der Waals surface area (Å²) >= 11 is 0. The van der Waals surface area contributed by atoms with Crippen molar-refractivity contribution in [2.45, 2.75) is 53.0 Å². The van der Waals surface area contributed by atoms with Crippen LogP contribution >= 0.6 is 0 Å². The molecule has 0 saturated carbocycles. The highest BCUT2D eigenvalue weighted by atomic mass is 16.1. The van der Waals surface area contributed by atoms with Crippen molar-refractivity contribution in [3.8, 4) is 0 Å². The Morgan fingerprint density at radius 2 is 2.00 bits per heavy atom. The van der Waals surface area contributed by atoms with Crippen LogP contribution < -0.4 is 5.32 Å². The number of carbonyl (C=O) groups excluding carboxylic acids is 1. The van der Waals surface area contributed by atoms with E-state index in [1.54, 1.807) is 13.0 Å². The summed E-state index contributed by atoms with van der Waals surface area (Å²) in [6.07, 6.45) is 7.26. The van der Waals surface area contributed by atoms with Crippen molar-refractivity contribution >= 4 is 5.78 Å². The molecule has 15 heavy (non-hydrogen) atoms. The molecule has 2 unspecified atom stereocenters. The van der Waals surface area contributed by atoms with Crippen molar-refractivity contribution in [1.29, 1.82) is 0 Å². The van der Waals surface area contributed by atoms with Gasteiger partial charge in [-0.3, -0.25) is 4.79 Å². The zero-order chi connectivity index (χ0) is 11.7. The van der Waals surface area contributed by atoms with Crippen LogP contribution in [0.5, 0.6) is 0 Å². The molecule has 0 bridgehead atoms. The van der Waals surface area contributed by atoms with Gasteiger partial charge in [0, 0.05) is 12.6 Å². The van der Waals surface area contributed by atoms with Gasteiger partial charge in [-0.1, -0.05) is 26.3 Å². The molecule has 0 aliphatic carbocycles. The summed E-state index contributed by atoms with van der Waals surface area (Å²) < 4.78 is 0. The number of ketones is 1. The summed E-state index contributed by atoms with van der Waals surface area (Å²) in [6.45, 7) is 9.09. The molecule has 0 spiro atoms. The van der Waals surface area contributed by atoms with E-state index in [-0.39, 0.29) is 5.78 Å². The van der Waals surface area contributed by atoms with Crippen LogP contribution in [0.3, 0.4) is 0 Å². The fourth-order valence-corrected chi connectivity index (χ4v) is 1.33. The topological polar surface area (TPSA) is 29.1 Å². The van der Waals surface area contributed by atoms with Crippen molar-refractivity contribution < 1.29 is 4.79 Å². The fraction of sp³-hybridized carbons (Fsp3) is 0.769. The van der Waals surface area contributed by atoms with Gasteiger partial charge in [-0.2, -0.15) is 0 Å². The van der Waals surface area contributed by atoms with E-state index in [1.807, 2.05) is 6.08 Å². The summed E-state index contributed by atoms with van der Waals surface area (Å²) in [6, 6.07) is 0.538. The van der Waals surface area contributed by atoms with Crippen LogP contribution in [0.2, 0.25) is 0 Å². The zero-order valence-corrected chi connectivity index (χ0v) is 10.5. The minimum absolute atomic E-state index is 0.115. The standard InChI is InChI=1S/C13H25NO/c1-5-11(2)8-9-12(3)14-10-6-7-13(4)15/h6-7,11-12,14H,5,8-10H2,1-4H3/b7-6+. The normalized spacial score (nSPS) is 15.5. The largest absolute Gasteiger partial charge is 0.311 e. The molecule has 0 aromatic rings. The molecule has 1 N–H and O–H groups in total. The second-order valence-electron chi connectivity index (χ2n) is 4.41. The number of hydrogen-bond acceptors (Lipinski definition) is 2. The Hall–Kier alpha value is -0.630. The molecule has 2 nitrogen and oxygen atoms in total. The van der Waals surface area contributed by atoms with Gasteiger partial charge in [0.25, 0.3) is 0 Å². The molecule has 0 aliphatic rings. The highest BCUT2D eigenvalue weighted by molar-refractivity contribution is 5.87. The molecule has 88 valence electrons. The third-order valence-electron chi connectivity index (χ3n) is 2.73. The average Bonchev–Trinajstić information content (AvgIpc) is 2.20. The number of nitrogens with one attached hydrogen (secondary N) is 1. The van der Waals surface area contributed by atoms with Gasteiger partial charge in [0.2, 0.25) is 0 Å². The predicted molar refractivity (Wildman–Crippen MR) is 66.0 cm³/mol. The molecule has 0 saturated heterocycles. The van der Waals surface area contributed by atoms with Crippen molar-refractivity contribution in [2.24, 2.45) is 5.92 Å². The Kier molecular flexibility index (Phi) is 8.30. The molecule has 2 heteroatoms. The van der Waals surface area contributed by atoms with E-state index >= 15 is 0 Å². The predicted octanol–water partition coefficient (Wildman–Crippen LogP) is 2.94. The zero-order valence-electron chi connectivity index (χ0n) is 10.5. The van der Waals surface area contributed by atoms with Gasteiger partial charge in [-0.15, -0.1) is 0 Å². The molecule has 0 amide bonds. The lowest BCUT2D eigenvalue weighted by Gasteiger charge is -2.14. The monoisotopic (exact) mass is 211 g/mol. The molecule has 0 aliphatic heterocycles. The van der Waals surface area contributed by atoms with Crippen LogP contribution in [0.25, 0.3) is 0 Å². The smallest absolute Gasteiger partial charge is 0.152 e. The van der Waals surface area contributed by atoms with Crippen LogP contribution in [0, 0.1) is 5.92 Å². The van der Waals surface area contributed by atoms with E-state index in [1.165, 1.54) is 19.3 Å². The van der Waals surface area contributed by atoms with E-state index in [4.69, 9.17) is 0 Å². The molecule has 0 fully saturated rings. The molecular formula is C13H25NO. The molecule has 0 aromatic carbocycles. The second kappa shape index (κ2) is 8.66. The Morgan fingerprint density at radius 3 is 2.53 bits per heavy atom. The minimum Gasteiger partial charge on any atom is -0.311 e. The van der Waals surface area contributed by atoms with Gasteiger partial charge >= 0.3 is 0 Å². The first-order valence-corrected chi connectivity index (χ1v) is 5.96. The number of allylic oxidation sites excluding steroid dienone is 1. The summed E-state index contributed by atoms with van der Waals surface area (Å²) in [5.41, 5.74) is 0. The van der Waals surface area contributed by atoms with Crippen LogP contribution in [-0.4, -0.2) is 18.4 Å². The van der Waals surface area contributed by atoms with Crippen LogP contribution in [-0.2, 0) is 4.79 Å². The van der Waals surface area contributed by atoms with E-state index in [0.29, 0.717) is 6.04 Å². The lowest BCUT2D eigenvalue weighted by Crippen LogP contribution is -2.26. The van der Waals surface area contributed by atoms with Gasteiger partial charge in [-0.05, 0) is 38.7 Å². The van der Waals surface area contributed by atoms with E-state index in [9.17, 15) is 4.79 Å². The van der Waals surface area contributed by atoms with Crippen molar-refractivity contribution in [3.05, 3.63) is 12.2 Å². The lowest BCUT2D eigenvalue weighted by atomic mass is 10.00. The van der Waals surface area contributed by atoms with Crippen molar-refractivity contribution in [3.63, 3.8) is 0 Å². The quantitative estimate of drug-likeness (QED) is 0.625. The number of carbonyl (C=O) groups is 1. The number of rotatable bonds is 8. The first-order valence-electron chi connectivity index (χ1n) is 5.96. The summed E-state index contributed by atoms with van der Waals surface area (Å²) in [7, 11) is 0. The molecule has 0 aromatic heterocycles. The maximum absolute atomic E-state index is 10.6. The van der Waals surface area contributed by atoms with Crippen LogP contribution in [0.4, 0.5) is 0 Å². The van der Waals surface area contributed by atoms with Crippen LogP contribution in [0.1, 0.15) is 47.0 Å². The lowest BCUT2D eigenvalue weighted by molar-refractivity contribution is -0.112. The maximum atomic E-state index is 10.6. The summed E-state index contributed by atoms with van der Waals surface area (Å²) in [5, 5.41) is 3.38. The van der Waals surface area contributed by atoms with Gasteiger partial charge in [-0.25, -0.2) is 0 Å². The Balaban J connectivity index is 3.49. The fourth-order valence-electron chi connectivity index (χ4n) is 1.33. The third-order valence-corrected chi connectivity index (χ3v) is 2.73. The van der Waals surface area contributed by atoms with Gasteiger partial charge < -0.3 is 5.32 Å². The van der Waals surface area contributed by atoms with E-state index in [2.05, 4.69) is 26.1 Å². The highest BCUT2D eigenvalue weighted by Crippen LogP contribution is 2.10. The van der Waals surface area contributed by atoms with Crippen molar-refractivity contribution in [2.75, 3.05) is 6.54 Å². The average molecular weight is 211 g/mol. The Morgan fingerprint density at radius 1 is 1.33 bits per heavy atom. The summed E-state index contributed by atoms with van der Waals surface area (Å²) in [4.78, 5) is 10.6. The highest BCUT2D eigenvalue weighted by Gasteiger charge is 2.03. The van der Waals surface area contributed by atoms with Gasteiger partial charge in [0.1, 0.15) is 0 Å². The first kappa shape index (κ1) is 14.4. The molecule has 2 atom stereocenters. The molecule has 0 heterocycles. The second-order valence-corrected chi connectivity index (χ2v) is 4.41. The Bertz CT molecular complexity index is 199. The maximum Gasteiger partial charge on any atom is 0.152 e. The SMILES string of the molecule is CCC(C)CCC(C)NC/C=C/C(C)=O. The Labute approximate surface area is 94.1 Å². The minimum atomic E-state index is 0.115. The van der Waals surface area contributed by atoms with Crippen molar-refractivity contribution in [1.82, 2.24) is 5.32 Å². The third kappa shape index (κ3) is 9.67. The van der Waals surface area contributed by atoms with E-state index < -0.39 is 0 Å². The summed E-state index contributed by atoms with van der Waals surface area (Å²) in [5.74, 6) is 0.936. The molecule has 0 radical (unpaired) electrons. The molecule has 0 rings (SSSR count). The van der Waals surface area contributed by atoms with Gasteiger partial charge in [0.15, 0.2) is 5.78 Å².